The van der Waals surface area contributed by atoms with Crippen LogP contribution in [0.4, 0.5) is 10.5 Å². The van der Waals surface area contributed by atoms with Gasteiger partial charge >= 0.3 is 6.09 Å². The lowest BCUT2D eigenvalue weighted by molar-refractivity contribution is 0.0186. The molecule has 0 spiro atoms. The number of aryl methyl sites for hydroxylation is 1. The van der Waals surface area contributed by atoms with Gasteiger partial charge < -0.3 is 15.0 Å². The normalized spacial score (nSPS) is 14.9. The number of aromatic nitrogens is 3. The highest BCUT2D eigenvalue weighted by Crippen LogP contribution is 2.33. The largest absolute Gasteiger partial charge is 0.444 e. The number of ether oxygens (including phenoxy) is 1. The van der Waals surface area contributed by atoms with Gasteiger partial charge in [-0.05, 0) is 64.8 Å². The fraction of sp³-hybridized carbons (Fsp3) is 0.417. The van der Waals surface area contributed by atoms with E-state index in [2.05, 4.69) is 15.4 Å². The molecule has 180 valence electrons. The van der Waals surface area contributed by atoms with Gasteiger partial charge in [-0.15, -0.1) is 0 Å². The molecule has 4 rings (SSSR count). The summed E-state index contributed by atoms with van der Waals surface area (Å²) in [7, 11) is 0. The number of hydrogen-bond acceptors (Lipinski definition) is 5. The predicted octanol–water partition coefficient (Wildman–Crippen LogP) is 5.87. The molecule has 1 aliphatic rings. The van der Waals surface area contributed by atoms with E-state index in [-0.39, 0.29) is 23.6 Å². The van der Waals surface area contributed by atoms with Crippen molar-refractivity contribution in [3.05, 3.63) is 51.8 Å². The molecule has 2 amide bonds. The summed E-state index contributed by atoms with van der Waals surface area (Å²) < 4.78 is 7.35. The van der Waals surface area contributed by atoms with E-state index >= 15 is 0 Å². The number of amides is 2. The summed E-state index contributed by atoms with van der Waals surface area (Å²) in [6, 6.07) is 6.89. The molecule has 0 aliphatic carbocycles. The third kappa shape index (κ3) is 5.13. The Morgan fingerprint density at radius 3 is 2.38 bits per heavy atom. The van der Waals surface area contributed by atoms with E-state index in [4.69, 9.17) is 27.9 Å². The summed E-state index contributed by atoms with van der Waals surface area (Å²) in [6.07, 6.45) is 2.61. The number of halogens is 2. The fourth-order valence-corrected chi connectivity index (χ4v) is 4.48. The van der Waals surface area contributed by atoms with Gasteiger partial charge in [-0.3, -0.25) is 4.79 Å². The number of likely N-dealkylation sites (tertiary alicyclic amines) is 1. The lowest BCUT2D eigenvalue weighted by Crippen LogP contribution is -2.42. The summed E-state index contributed by atoms with van der Waals surface area (Å²) in [6.45, 7) is 8.55. The standard InChI is InChI=1S/C24H27Cl2N5O3/c1-14-19-20(26)18(22(32)28-16-7-5-15(25)6-8-16)13-27-21(19)31(29-14)17-9-11-30(12-10-17)23(33)34-24(2,3)4/h5-8,13,17H,9-12H2,1-4H3,(H,28,32). The average Bonchev–Trinajstić information content (AvgIpc) is 3.11. The molecule has 0 bridgehead atoms. The van der Waals surface area contributed by atoms with E-state index in [0.717, 1.165) is 0 Å². The summed E-state index contributed by atoms with van der Waals surface area (Å²) in [5.74, 6) is -0.362. The van der Waals surface area contributed by atoms with Crippen LogP contribution in [0.5, 0.6) is 0 Å². The molecule has 1 aliphatic heterocycles. The molecule has 3 heterocycles. The Balaban J connectivity index is 1.53. The van der Waals surface area contributed by atoms with Gasteiger partial charge in [0, 0.05) is 30.0 Å². The Kier molecular flexibility index (Phi) is 6.73. The van der Waals surface area contributed by atoms with Gasteiger partial charge in [-0.1, -0.05) is 23.2 Å². The van der Waals surface area contributed by atoms with Gasteiger partial charge in [0.1, 0.15) is 5.60 Å². The first kappa shape index (κ1) is 24.3. The number of piperidine rings is 1. The van der Waals surface area contributed by atoms with Crippen LogP contribution >= 0.6 is 23.2 Å². The molecule has 1 saturated heterocycles. The van der Waals surface area contributed by atoms with E-state index in [9.17, 15) is 9.59 Å². The van der Waals surface area contributed by atoms with Crippen molar-refractivity contribution in [2.24, 2.45) is 0 Å². The van der Waals surface area contributed by atoms with Crippen molar-refractivity contribution in [1.82, 2.24) is 19.7 Å². The Bertz CT molecular complexity index is 1230. The number of rotatable bonds is 3. The molecule has 34 heavy (non-hydrogen) atoms. The van der Waals surface area contributed by atoms with Crippen LogP contribution < -0.4 is 5.32 Å². The molecule has 1 N–H and O–H groups in total. The van der Waals surface area contributed by atoms with Crippen molar-refractivity contribution in [2.75, 3.05) is 18.4 Å². The number of nitrogens with one attached hydrogen (secondary N) is 1. The third-order valence-electron chi connectivity index (χ3n) is 5.64. The summed E-state index contributed by atoms with van der Waals surface area (Å²) in [4.78, 5) is 31.5. The number of fused-ring (bicyclic) bond motifs is 1. The van der Waals surface area contributed by atoms with Crippen LogP contribution in [-0.4, -0.2) is 50.4 Å². The number of anilines is 1. The minimum absolute atomic E-state index is 0.0622. The van der Waals surface area contributed by atoms with Crippen LogP contribution in [0.1, 0.15) is 55.7 Å². The Hall–Kier alpha value is -2.84. The van der Waals surface area contributed by atoms with Crippen molar-refractivity contribution in [3.63, 3.8) is 0 Å². The third-order valence-corrected chi connectivity index (χ3v) is 6.29. The highest BCUT2D eigenvalue weighted by atomic mass is 35.5. The van der Waals surface area contributed by atoms with E-state index in [1.807, 2.05) is 32.4 Å². The fourth-order valence-electron chi connectivity index (χ4n) is 4.00. The zero-order valence-electron chi connectivity index (χ0n) is 19.6. The summed E-state index contributed by atoms with van der Waals surface area (Å²) in [5.41, 5.74) is 1.67. The number of carbonyl (C=O) groups excluding carboxylic acids is 2. The number of nitrogens with zero attached hydrogens (tertiary/aromatic N) is 4. The van der Waals surface area contributed by atoms with Crippen molar-refractivity contribution in [2.45, 2.75) is 52.2 Å². The maximum absolute atomic E-state index is 12.8. The zero-order valence-corrected chi connectivity index (χ0v) is 21.1. The van der Waals surface area contributed by atoms with Gasteiger partial charge in [0.25, 0.3) is 5.91 Å². The second-order valence-electron chi connectivity index (χ2n) is 9.37. The first-order chi connectivity index (χ1) is 16.0. The number of hydrogen-bond donors (Lipinski definition) is 1. The van der Waals surface area contributed by atoms with Crippen LogP contribution in [0, 0.1) is 6.92 Å². The van der Waals surface area contributed by atoms with Crippen LogP contribution in [-0.2, 0) is 4.74 Å². The smallest absolute Gasteiger partial charge is 0.410 e. The Morgan fingerprint density at radius 2 is 1.76 bits per heavy atom. The monoisotopic (exact) mass is 503 g/mol. The highest BCUT2D eigenvalue weighted by Gasteiger charge is 2.30. The van der Waals surface area contributed by atoms with E-state index < -0.39 is 5.60 Å². The number of carbonyl (C=O) groups is 2. The lowest BCUT2D eigenvalue weighted by Gasteiger charge is -2.33. The Labute approximate surface area is 208 Å². The van der Waals surface area contributed by atoms with Crippen LogP contribution in [0.25, 0.3) is 11.0 Å². The van der Waals surface area contributed by atoms with Crippen LogP contribution in [0.2, 0.25) is 10.0 Å². The molecule has 0 saturated carbocycles. The molecular weight excluding hydrogens is 477 g/mol. The molecule has 10 heteroatoms. The van der Waals surface area contributed by atoms with Gasteiger partial charge in [0.05, 0.1) is 27.7 Å². The quantitative estimate of drug-likeness (QED) is 0.482. The number of benzene rings is 1. The van der Waals surface area contributed by atoms with Gasteiger partial charge in [-0.25, -0.2) is 14.5 Å². The second kappa shape index (κ2) is 9.43. The van der Waals surface area contributed by atoms with Gasteiger partial charge in [0.2, 0.25) is 0 Å². The predicted molar refractivity (Wildman–Crippen MR) is 133 cm³/mol. The SMILES string of the molecule is Cc1nn(C2CCN(C(=O)OC(C)(C)C)CC2)c2ncc(C(=O)Nc3ccc(Cl)cc3)c(Cl)c12. The van der Waals surface area contributed by atoms with Crippen LogP contribution in [0.15, 0.2) is 30.5 Å². The first-order valence-electron chi connectivity index (χ1n) is 11.1. The second-order valence-corrected chi connectivity index (χ2v) is 10.2. The number of pyridine rings is 1. The molecule has 2 aromatic heterocycles. The van der Waals surface area contributed by atoms with Gasteiger partial charge in [0.15, 0.2) is 5.65 Å². The molecular formula is C24H27Cl2N5O3. The highest BCUT2D eigenvalue weighted by molar-refractivity contribution is 6.39. The molecule has 8 nitrogen and oxygen atoms in total. The first-order valence-corrected chi connectivity index (χ1v) is 11.9. The van der Waals surface area contributed by atoms with E-state index in [1.54, 1.807) is 29.2 Å². The maximum atomic E-state index is 12.8. The maximum Gasteiger partial charge on any atom is 0.410 e. The molecule has 0 atom stereocenters. The van der Waals surface area contributed by atoms with Crippen molar-refractivity contribution in [3.8, 4) is 0 Å². The summed E-state index contributed by atoms with van der Waals surface area (Å²) >= 11 is 12.6. The molecule has 0 unspecified atom stereocenters. The molecule has 1 fully saturated rings. The molecule has 0 radical (unpaired) electrons. The molecule has 3 aromatic rings. The van der Waals surface area contributed by atoms with Crippen molar-refractivity contribution in [1.29, 1.82) is 0 Å². The lowest BCUT2D eigenvalue weighted by atomic mass is 10.1. The minimum atomic E-state index is -0.526. The van der Waals surface area contributed by atoms with Gasteiger partial charge in [-0.2, -0.15) is 5.10 Å². The van der Waals surface area contributed by atoms with Crippen LogP contribution in [0.3, 0.4) is 0 Å². The van der Waals surface area contributed by atoms with Crippen molar-refractivity contribution < 1.29 is 14.3 Å². The Morgan fingerprint density at radius 1 is 1.12 bits per heavy atom. The molecule has 1 aromatic carbocycles. The zero-order chi connectivity index (χ0) is 24.6. The van der Waals surface area contributed by atoms with E-state index in [0.29, 0.717) is 58.4 Å². The van der Waals surface area contributed by atoms with E-state index in [1.165, 1.54) is 6.20 Å². The average molecular weight is 504 g/mol. The van der Waals surface area contributed by atoms with Crippen molar-refractivity contribution >= 4 is 51.9 Å². The summed E-state index contributed by atoms with van der Waals surface area (Å²) in [5, 5.41) is 9.05. The minimum Gasteiger partial charge on any atom is -0.444 e. The topological polar surface area (TPSA) is 89.3 Å².